The SMILES string of the molecule is NCc1ccc(C(=O)Nc2ccc(CO)cc2)nc1. The molecule has 19 heavy (non-hydrogen) atoms. The highest BCUT2D eigenvalue weighted by atomic mass is 16.3. The third-order valence-electron chi connectivity index (χ3n) is 2.69. The molecule has 0 radical (unpaired) electrons. The van der Waals surface area contributed by atoms with E-state index in [0.29, 0.717) is 17.9 Å². The summed E-state index contributed by atoms with van der Waals surface area (Å²) in [5.74, 6) is -0.277. The van der Waals surface area contributed by atoms with Crippen molar-refractivity contribution in [2.75, 3.05) is 5.32 Å². The molecule has 0 aliphatic rings. The van der Waals surface area contributed by atoms with Crippen LogP contribution in [0.25, 0.3) is 0 Å². The third-order valence-corrected chi connectivity index (χ3v) is 2.69. The molecule has 0 aliphatic heterocycles. The van der Waals surface area contributed by atoms with Gasteiger partial charge in [0.2, 0.25) is 0 Å². The number of pyridine rings is 1. The van der Waals surface area contributed by atoms with Crippen LogP contribution in [0.5, 0.6) is 0 Å². The topological polar surface area (TPSA) is 88.2 Å². The number of rotatable bonds is 4. The number of carbonyl (C=O) groups is 1. The molecule has 5 nitrogen and oxygen atoms in total. The van der Waals surface area contributed by atoms with Crippen molar-refractivity contribution in [1.29, 1.82) is 0 Å². The Hall–Kier alpha value is -2.24. The summed E-state index contributed by atoms with van der Waals surface area (Å²) in [6, 6.07) is 10.4. The standard InChI is InChI=1S/C14H15N3O2/c15-7-11-3-6-13(16-8-11)14(19)17-12-4-1-10(9-18)2-5-12/h1-6,8,18H,7,9,15H2,(H,17,19). The van der Waals surface area contributed by atoms with Gasteiger partial charge >= 0.3 is 0 Å². The van der Waals surface area contributed by atoms with Crippen molar-refractivity contribution < 1.29 is 9.90 Å². The van der Waals surface area contributed by atoms with Crippen LogP contribution >= 0.6 is 0 Å². The molecule has 0 unspecified atom stereocenters. The Kier molecular flexibility index (Phi) is 4.22. The van der Waals surface area contributed by atoms with Crippen LogP contribution in [-0.2, 0) is 13.2 Å². The first-order valence-electron chi connectivity index (χ1n) is 5.89. The lowest BCUT2D eigenvalue weighted by Gasteiger charge is -2.05. The molecule has 0 fully saturated rings. The van der Waals surface area contributed by atoms with E-state index in [9.17, 15) is 4.79 Å². The Balaban J connectivity index is 2.06. The molecule has 1 aromatic heterocycles. The van der Waals surface area contributed by atoms with E-state index in [1.54, 1.807) is 42.6 Å². The molecule has 0 saturated carbocycles. The molecule has 0 spiro atoms. The Morgan fingerprint density at radius 2 is 1.84 bits per heavy atom. The van der Waals surface area contributed by atoms with Gasteiger partial charge in [-0.1, -0.05) is 18.2 Å². The van der Waals surface area contributed by atoms with E-state index in [4.69, 9.17) is 10.8 Å². The minimum atomic E-state index is -0.277. The van der Waals surface area contributed by atoms with Gasteiger partial charge in [-0.25, -0.2) is 0 Å². The summed E-state index contributed by atoms with van der Waals surface area (Å²) in [4.78, 5) is 16.0. The van der Waals surface area contributed by atoms with Crippen LogP contribution in [0.1, 0.15) is 21.6 Å². The van der Waals surface area contributed by atoms with Gasteiger partial charge in [0.15, 0.2) is 0 Å². The number of benzene rings is 1. The van der Waals surface area contributed by atoms with E-state index in [0.717, 1.165) is 11.1 Å². The number of carbonyl (C=O) groups excluding carboxylic acids is 1. The Morgan fingerprint density at radius 1 is 1.16 bits per heavy atom. The highest BCUT2D eigenvalue weighted by molar-refractivity contribution is 6.02. The van der Waals surface area contributed by atoms with Crippen molar-refractivity contribution in [2.45, 2.75) is 13.2 Å². The van der Waals surface area contributed by atoms with Crippen LogP contribution in [0.3, 0.4) is 0 Å². The number of amides is 1. The first kappa shape index (κ1) is 13.2. The molecule has 0 bridgehead atoms. The second kappa shape index (κ2) is 6.08. The molecule has 0 aliphatic carbocycles. The van der Waals surface area contributed by atoms with Gasteiger partial charge in [0.25, 0.3) is 5.91 Å². The fourth-order valence-electron chi connectivity index (χ4n) is 1.57. The lowest BCUT2D eigenvalue weighted by atomic mass is 10.2. The molecule has 1 amide bonds. The van der Waals surface area contributed by atoms with Crippen LogP contribution in [0.2, 0.25) is 0 Å². The van der Waals surface area contributed by atoms with Gasteiger partial charge in [-0.05, 0) is 29.3 Å². The Bertz CT molecular complexity index is 550. The van der Waals surface area contributed by atoms with E-state index < -0.39 is 0 Å². The average molecular weight is 257 g/mol. The maximum Gasteiger partial charge on any atom is 0.274 e. The molecule has 2 aromatic rings. The summed E-state index contributed by atoms with van der Waals surface area (Å²) in [6.07, 6.45) is 1.59. The summed E-state index contributed by atoms with van der Waals surface area (Å²) in [5, 5.41) is 11.7. The molecule has 0 saturated heterocycles. The second-order valence-electron chi connectivity index (χ2n) is 4.06. The maximum absolute atomic E-state index is 11.9. The number of nitrogens with two attached hydrogens (primary N) is 1. The quantitative estimate of drug-likeness (QED) is 0.770. The van der Waals surface area contributed by atoms with Gasteiger partial charge in [0.05, 0.1) is 6.61 Å². The van der Waals surface area contributed by atoms with Gasteiger partial charge < -0.3 is 16.2 Å². The number of aromatic nitrogens is 1. The maximum atomic E-state index is 11.9. The van der Waals surface area contributed by atoms with Crippen LogP contribution in [0.4, 0.5) is 5.69 Å². The molecule has 1 heterocycles. The number of aliphatic hydroxyl groups is 1. The molecule has 0 atom stereocenters. The molecule has 5 heteroatoms. The van der Waals surface area contributed by atoms with E-state index in [-0.39, 0.29) is 12.5 Å². The van der Waals surface area contributed by atoms with Crippen molar-refractivity contribution in [1.82, 2.24) is 4.98 Å². The van der Waals surface area contributed by atoms with E-state index in [1.807, 2.05) is 0 Å². The summed E-state index contributed by atoms with van der Waals surface area (Å²) in [6.45, 7) is 0.383. The summed E-state index contributed by atoms with van der Waals surface area (Å²) in [7, 11) is 0. The first-order chi connectivity index (χ1) is 9.22. The number of nitrogens with zero attached hydrogens (tertiary/aromatic N) is 1. The van der Waals surface area contributed by atoms with Crippen molar-refractivity contribution in [3.8, 4) is 0 Å². The zero-order valence-electron chi connectivity index (χ0n) is 10.3. The van der Waals surface area contributed by atoms with E-state index in [2.05, 4.69) is 10.3 Å². The highest BCUT2D eigenvalue weighted by Crippen LogP contribution is 2.11. The molecule has 1 aromatic carbocycles. The van der Waals surface area contributed by atoms with Crippen LogP contribution in [0, 0.1) is 0 Å². The lowest BCUT2D eigenvalue weighted by molar-refractivity contribution is 0.102. The molecule has 98 valence electrons. The zero-order chi connectivity index (χ0) is 13.7. The van der Waals surface area contributed by atoms with Crippen molar-refractivity contribution in [3.05, 3.63) is 59.4 Å². The lowest BCUT2D eigenvalue weighted by Crippen LogP contribution is -2.14. The van der Waals surface area contributed by atoms with Crippen LogP contribution < -0.4 is 11.1 Å². The molecule has 2 rings (SSSR count). The number of hydrogen-bond acceptors (Lipinski definition) is 4. The van der Waals surface area contributed by atoms with E-state index in [1.165, 1.54) is 0 Å². The largest absolute Gasteiger partial charge is 0.392 e. The Labute approximate surface area is 111 Å². The monoisotopic (exact) mass is 257 g/mol. The molecule has 4 N–H and O–H groups in total. The Morgan fingerprint density at radius 3 is 2.37 bits per heavy atom. The number of hydrogen-bond donors (Lipinski definition) is 3. The smallest absolute Gasteiger partial charge is 0.274 e. The predicted molar refractivity (Wildman–Crippen MR) is 72.4 cm³/mol. The van der Waals surface area contributed by atoms with Gasteiger partial charge in [-0.3, -0.25) is 9.78 Å². The summed E-state index contributed by atoms with van der Waals surface area (Å²) < 4.78 is 0. The summed E-state index contributed by atoms with van der Waals surface area (Å²) in [5.41, 5.74) is 8.13. The predicted octanol–water partition coefficient (Wildman–Crippen LogP) is 1.28. The van der Waals surface area contributed by atoms with Gasteiger partial charge in [0.1, 0.15) is 5.69 Å². The number of anilines is 1. The van der Waals surface area contributed by atoms with Crippen molar-refractivity contribution in [3.63, 3.8) is 0 Å². The van der Waals surface area contributed by atoms with Crippen LogP contribution in [0.15, 0.2) is 42.6 Å². The van der Waals surface area contributed by atoms with Crippen LogP contribution in [-0.4, -0.2) is 16.0 Å². The average Bonchev–Trinajstić information content (AvgIpc) is 2.48. The van der Waals surface area contributed by atoms with Crippen molar-refractivity contribution in [2.24, 2.45) is 5.73 Å². The number of aliphatic hydroxyl groups excluding tert-OH is 1. The first-order valence-corrected chi connectivity index (χ1v) is 5.89. The summed E-state index contributed by atoms with van der Waals surface area (Å²) >= 11 is 0. The van der Waals surface area contributed by atoms with Gasteiger partial charge in [-0.2, -0.15) is 0 Å². The third kappa shape index (κ3) is 3.37. The fraction of sp³-hybridized carbons (Fsp3) is 0.143. The minimum absolute atomic E-state index is 0.0175. The second-order valence-corrected chi connectivity index (χ2v) is 4.06. The minimum Gasteiger partial charge on any atom is -0.392 e. The number of nitrogens with one attached hydrogen (secondary N) is 1. The highest BCUT2D eigenvalue weighted by Gasteiger charge is 2.07. The fourth-order valence-corrected chi connectivity index (χ4v) is 1.57. The van der Waals surface area contributed by atoms with Gasteiger partial charge in [-0.15, -0.1) is 0 Å². The molecular formula is C14H15N3O2. The molecular weight excluding hydrogens is 242 g/mol. The van der Waals surface area contributed by atoms with Gasteiger partial charge in [0, 0.05) is 18.4 Å². The zero-order valence-corrected chi connectivity index (χ0v) is 10.3. The van der Waals surface area contributed by atoms with E-state index >= 15 is 0 Å². The van der Waals surface area contributed by atoms with Crippen molar-refractivity contribution >= 4 is 11.6 Å². The normalized spacial score (nSPS) is 10.2.